The van der Waals surface area contributed by atoms with Crippen molar-refractivity contribution in [3.8, 4) is 0 Å². The van der Waals surface area contributed by atoms with Gasteiger partial charge in [-0.2, -0.15) is 0 Å². The normalized spacial score (nSPS) is 13.0. The van der Waals surface area contributed by atoms with Crippen LogP contribution in [0.5, 0.6) is 0 Å². The van der Waals surface area contributed by atoms with Crippen LogP contribution < -0.4 is 10.5 Å². The maximum Gasteiger partial charge on any atom is 0.240 e. The summed E-state index contributed by atoms with van der Waals surface area (Å²) in [4.78, 5) is 0.115. The molecular formula is C15H17ClN2O2S. The van der Waals surface area contributed by atoms with Crippen LogP contribution in [-0.4, -0.2) is 14.5 Å². The molecule has 0 radical (unpaired) electrons. The minimum Gasteiger partial charge on any atom is -0.397 e. The minimum atomic E-state index is -3.61. The summed E-state index contributed by atoms with van der Waals surface area (Å²) in [5.41, 5.74) is 6.97. The second kappa shape index (κ2) is 6.47. The Morgan fingerprint density at radius 1 is 1.19 bits per heavy atom. The summed E-state index contributed by atoms with van der Waals surface area (Å²) in [6.07, 6.45) is 0.614. The third kappa shape index (κ3) is 4.20. The molecule has 0 aliphatic heterocycles. The van der Waals surface area contributed by atoms with Crippen molar-refractivity contribution in [2.75, 3.05) is 5.73 Å². The Balaban J connectivity index is 2.11. The molecule has 2 aromatic carbocycles. The number of anilines is 1. The Hall–Kier alpha value is -1.56. The second-order valence-corrected chi connectivity index (χ2v) is 7.02. The van der Waals surface area contributed by atoms with Gasteiger partial charge in [0.2, 0.25) is 10.0 Å². The monoisotopic (exact) mass is 324 g/mol. The summed E-state index contributed by atoms with van der Waals surface area (Å²) in [5.74, 6) is 0. The van der Waals surface area contributed by atoms with Crippen molar-refractivity contribution in [3.63, 3.8) is 0 Å². The first-order chi connectivity index (χ1) is 9.88. The lowest BCUT2D eigenvalue weighted by Gasteiger charge is -2.15. The quantitative estimate of drug-likeness (QED) is 0.831. The summed E-state index contributed by atoms with van der Waals surface area (Å²) in [7, 11) is -3.61. The highest BCUT2D eigenvalue weighted by Gasteiger charge is 2.18. The van der Waals surface area contributed by atoms with E-state index in [2.05, 4.69) is 4.72 Å². The highest BCUT2D eigenvalue weighted by atomic mass is 35.5. The third-order valence-corrected chi connectivity index (χ3v) is 4.95. The molecule has 0 aromatic heterocycles. The van der Waals surface area contributed by atoms with E-state index in [4.69, 9.17) is 17.3 Å². The number of hydrogen-bond donors (Lipinski definition) is 2. The van der Waals surface area contributed by atoms with Crippen molar-refractivity contribution in [2.24, 2.45) is 0 Å². The molecule has 6 heteroatoms. The van der Waals surface area contributed by atoms with E-state index in [0.717, 1.165) is 5.56 Å². The summed E-state index contributed by atoms with van der Waals surface area (Å²) in [6.45, 7) is 1.82. The number of sulfonamides is 1. The molecule has 4 nitrogen and oxygen atoms in total. The van der Waals surface area contributed by atoms with E-state index < -0.39 is 10.0 Å². The Labute approximate surface area is 130 Å². The van der Waals surface area contributed by atoms with Gasteiger partial charge >= 0.3 is 0 Å². The fourth-order valence-electron chi connectivity index (χ4n) is 2.03. The van der Waals surface area contributed by atoms with E-state index in [1.165, 1.54) is 18.2 Å². The first-order valence-corrected chi connectivity index (χ1v) is 8.36. The standard InChI is InChI=1S/C15H17ClN2O2S/c1-11(9-12-5-3-2-4-6-12)18-21(19,20)13-7-8-14(16)15(17)10-13/h2-8,10-11,18H,9,17H2,1H3. The maximum atomic E-state index is 12.3. The van der Waals surface area contributed by atoms with Crippen LogP contribution in [-0.2, 0) is 16.4 Å². The zero-order valence-corrected chi connectivity index (χ0v) is 13.2. The number of benzene rings is 2. The molecule has 1 unspecified atom stereocenters. The molecule has 2 aromatic rings. The smallest absolute Gasteiger partial charge is 0.240 e. The van der Waals surface area contributed by atoms with Crippen LogP contribution in [0.4, 0.5) is 5.69 Å². The fourth-order valence-corrected chi connectivity index (χ4v) is 3.43. The molecule has 0 aliphatic carbocycles. The third-order valence-electron chi connectivity index (χ3n) is 3.02. The fraction of sp³-hybridized carbons (Fsp3) is 0.200. The van der Waals surface area contributed by atoms with E-state index in [1.54, 1.807) is 0 Å². The molecule has 0 fully saturated rings. The number of nitrogen functional groups attached to an aromatic ring is 1. The maximum absolute atomic E-state index is 12.3. The van der Waals surface area contributed by atoms with E-state index in [1.807, 2.05) is 37.3 Å². The van der Waals surface area contributed by atoms with Gasteiger partial charge in [0.1, 0.15) is 0 Å². The Morgan fingerprint density at radius 2 is 1.86 bits per heavy atom. The Bertz CT molecular complexity index is 718. The van der Waals surface area contributed by atoms with Crippen molar-refractivity contribution in [2.45, 2.75) is 24.3 Å². The van der Waals surface area contributed by atoms with E-state index in [9.17, 15) is 8.42 Å². The molecule has 21 heavy (non-hydrogen) atoms. The van der Waals surface area contributed by atoms with Crippen LogP contribution in [0.1, 0.15) is 12.5 Å². The minimum absolute atomic E-state index is 0.115. The highest BCUT2D eigenvalue weighted by Crippen LogP contribution is 2.22. The molecule has 0 aliphatic rings. The number of nitrogens with two attached hydrogens (primary N) is 1. The van der Waals surface area contributed by atoms with Crippen LogP contribution >= 0.6 is 11.6 Å². The molecule has 0 amide bonds. The highest BCUT2D eigenvalue weighted by molar-refractivity contribution is 7.89. The van der Waals surface area contributed by atoms with Crippen molar-refractivity contribution in [1.82, 2.24) is 4.72 Å². The molecule has 112 valence electrons. The topological polar surface area (TPSA) is 72.2 Å². The van der Waals surface area contributed by atoms with Crippen molar-refractivity contribution in [1.29, 1.82) is 0 Å². The van der Waals surface area contributed by atoms with Crippen molar-refractivity contribution >= 4 is 27.3 Å². The summed E-state index contributed by atoms with van der Waals surface area (Å²) in [6, 6.07) is 13.8. The molecule has 0 spiro atoms. The van der Waals surface area contributed by atoms with Gasteiger partial charge in [-0.3, -0.25) is 0 Å². The van der Waals surface area contributed by atoms with Crippen LogP contribution in [0.3, 0.4) is 0 Å². The van der Waals surface area contributed by atoms with Gasteiger partial charge in [-0.15, -0.1) is 0 Å². The first-order valence-electron chi connectivity index (χ1n) is 6.50. The predicted molar refractivity (Wildman–Crippen MR) is 85.8 cm³/mol. The lowest BCUT2D eigenvalue weighted by atomic mass is 10.1. The first kappa shape index (κ1) is 15.8. The van der Waals surface area contributed by atoms with Gasteiger partial charge in [0.05, 0.1) is 15.6 Å². The largest absolute Gasteiger partial charge is 0.397 e. The zero-order valence-electron chi connectivity index (χ0n) is 11.6. The summed E-state index contributed by atoms with van der Waals surface area (Å²) < 4.78 is 27.2. The summed E-state index contributed by atoms with van der Waals surface area (Å²) >= 11 is 5.80. The van der Waals surface area contributed by atoms with E-state index >= 15 is 0 Å². The average Bonchev–Trinajstić information content (AvgIpc) is 2.42. The second-order valence-electron chi connectivity index (χ2n) is 4.90. The molecule has 3 N–H and O–H groups in total. The van der Waals surface area contributed by atoms with Gasteiger partial charge in [-0.05, 0) is 37.1 Å². The lowest BCUT2D eigenvalue weighted by Crippen LogP contribution is -2.34. The molecule has 0 heterocycles. The van der Waals surface area contributed by atoms with Crippen LogP contribution in [0, 0.1) is 0 Å². The van der Waals surface area contributed by atoms with Gasteiger partial charge in [0.15, 0.2) is 0 Å². The summed E-state index contributed by atoms with van der Waals surface area (Å²) in [5, 5.41) is 0.339. The molecule has 2 rings (SSSR count). The molecule has 0 saturated carbocycles. The Morgan fingerprint density at radius 3 is 2.48 bits per heavy atom. The zero-order chi connectivity index (χ0) is 15.5. The lowest BCUT2D eigenvalue weighted by molar-refractivity contribution is 0.560. The van der Waals surface area contributed by atoms with Crippen LogP contribution in [0.15, 0.2) is 53.4 Å². The predicted octanol–water partition coefficient (Wildman–Crippen LogP) is 2.83. The van der Waals surface area contributed by atoms with Gasteiger partial charge in [0, 0.05) is 6.04 Å². The Kier molecular flexibility index (Phi) is 4.88. The van der Waals surface area contributed by atoms with E-state index in [0.29, 0.717) is 11.4 Å². The van der Waals surface area contributed by atoms with Gasteiger partial charge in [-0.1, -0.05) is 41.9 Å². The van der Waals surface area contributed by atoms with E-state index in [-0.39, 0.29) is 16.6 Å². The van der Waals surface area contributed by atoms with Gasteiger partial charge in [0.25, 0.3) is 0 Å². The van der Waals surface area contributed by atoms with Crippen molar-refractivity contribution < 1.29 is 8.42 Å². The van der Waals surface area contributed by atoms with Crippen molar-refractivity contribution in [3.05, 3.63) is 59.1 Å². The molecule has 1 atom stereocenters. The number of hydrogen-bond acceptors (Lipinski definition) is 3. The number of rotatable bonds is 5. The van der Waals surface area contributed by atoms with Gasteiger partial charge < -0.3 is 5.73 Å². The van der Waals surface area contributed by atoms with Crippen LogP contribution in [0.2, 0.25) is 5.02 Å². The molecule has 0 saturated heterocycles. The molecular weight excluding hydrogens is 308 g/mol. The van der Waals surface area contributed by atoms with Gasteiger partial charge in [-0.25, -0.2) is 13.1 Å². The number of halogens is 1. The number of nitrogens with one attached hydrogen (secondary N) is 1. The molecule has 0 bridgehead atoms. The average molecular weight is 325 g/mol. The van der Waals surface area contributed by atoms with Crippen LogP contribution in [0.25, 0.3) is 0 Å². The SMILES string of the molecule is CC(Cc1ccccc1)NS(=O)(=O)c1ccc(Cl)c(N)c1.